The first-order chi connectivity index (χ1) is 4.55. The second kappa shape index (κ2) is 2.39. The quantitative estimate of drug-likeness (QED) is 0.463. The molecule has 0 aromatic heterocycles. The first-order valence-corrected chi connectivity index (χ1v) is 4.90. The second-order valence-electron chi connectivity index (χ2n) is 3.34. The minimum Gasteiger partial charge on any atom is -0.0819 e. The van der Waals surface area contributed by atoms with E-state index in [0.29, 0.717) is 0 Å². The summed E-state index contributed by atoms with van der Waals surface area (Å²) in [6, 6.07) is 0. The molecule has 0 spiro atoms. The van der Waals surface area contributed by atoms with E-state index in [2.05, 4.69) is 27.7 Å². The number of hydrogen-bond donors (Lipinski definition) is 0. The zero-order chi connectivity index (χ0) is 7.89. The molecule has 1 aliphatic carbocycles. The van der Waals surface area contributed by atoms with Crippen molar-refractivity contribution in [2.24, 2.45) is 5.92 Å². The summed E-state index contributed by atoms with van der Waals surface area (Å²) >= 11 is 0. The minimum absolute atomic E-state index is 0.756. The highest BCUT2D eigenvalue weighted by Crippen LogP contribution is 2.34. The Hall–Kier alpha value is -0.303. The van der Waals surface area contributed by atoms with E-state index in [9.17, 15) is 0 Å². The molecule has 1 rings (SSSR count). The maximum absolute atomic E-state index is 2.32. The van der Waals surface area contributed by atoms with Crippen LogP contribution in [0.15, 0.2) is 21.9 Å². The van der Waals surface area contributed by atoms with Crippen molar-refractivity contribution in [3.8, 4) is 0 Å². The Bertz CT molecular complexity index is 197. The molecule has 0 saturated heterocycles. The monoisotopic (exact) mass is 152 g/mol. The van der Waals surface area contributed by atoms with E-state index in [1.807, 2.05) is 0 Å². The van der Waals surface area contributed by atoms with Gasteiger partial charge >= 0.3 is 0 Å². The smallest absolute Gasteiger partial charge is 0.0344 e. The van der Waals surface area contributed by atoms with Crippen molar-refractivity contribution in [2.45, 2.75) is 27.7 Å². The van der Waals surface area contributed by atoms with Gasteiger partial charge in [0.15, 0.2) is 0 Å². The highest BCUT2D eigenvalue weighted by Gasteiger charge is 2.18. The first kappa shape index (κ1) is 7.80. The number of hydrogen-bond acceptors (Lipinski definition) is 0. The average Bonchev–Trinajstić information content (AvgIpc) is 2.07. The molecule has 0 aromatic carbocycles. The molecule has 1 heteroatoms. The average molecular weight is 152 g/mol. The molecule has 0 N–H and O–H groups in total. The molecule has 0 aromatic rings. The van der Waals surface area contributed by atoms with Crippen molar-refractivity contribution in [2.75, 3.05) is 0 Å². The van der Waals surface area contributed by atoms with Crippen molar-refractivity contribution >= 4 is 10.2 Å². The van der Waals surface area contributed by atoms with Crippen LogP contribution in [0.2, 0.25) is 0 Å². The van der Waals surface area contributed by atoms with Crippen molar-refractivity contribution < 1.29 is 0 Å². The Morgan fingerprint density at radius 2 is 1.60 bits per heavy atom. The lowest BCUT2D eigenvalue weighted by Gasteiger charge is -2.05. The summed E-state index contributed by atoms with van der Waals surface area (Å²) in [5.41, 5.74) is 4.69. The lowest BCUT2D eigenvalue weighted by Crippen LogP contribution is -1.95. The van der Waals surface area contributed by atoms with E-state index in [0.717, 1.165) is 5.92 Å². The van der Waals surface area contributed by atoms with Gasteiger partial charge in [-0.2, -0.15) is 0 Å². The van der Waals surface area contributed by atoms with Crippen LogP contribution in [0.25, 0.3) is 0 Å². The van der Waals surface area contributed by atoms with E-state index < -0.39 is 0 Å². The third-order valence-electron chi connectivity index (χ3n) is 3.04. The normalized spacial score (nSPS) is 27.0. The lowest BCUT2D eigenvalue weighted by atomic mass is 10.1. The van der Waals surface area contributed by atoms with Crippen LogP contribution < -0.4 is 0 Å². The molecule has 56 valence electrons. The van der Waals surface area contributed by atoms with E-state index in [1.165, 1.54) is 15.8 Å². The van der Waals surface area contributed by atoms with Crippen LogP contribution in [0.3, 0.4) is 0 Å². The molecule has 10 heavy (non-hydrogen) atoms. The molecular weight excluding hydrogens is 136 g/mol. The van der Waals surface area contributed by atoms with Gasteiger partial charge in [-0.1, -0.05) is 23.3 Å². The maximum Gasteiger partial charge on any atom is 0.0344 e. The predicted molar refractivity (Wildman–Crippen MR) is 50.2 cm³/mol. The SMILES string of the molecule is CC1=C(C)C(C)C([SiH3])=C1C. The molecule has 1 atom stereocenters. The van der Waals surface area contributed by atoms with Gasteiger partial charge in [-0.3, -0.25) is 0 Å². The van der Waals surface area contributed by atoms with E-state index in [-0.39, 0.29) is 0 Å². The van der Waals surface area contributed by atoms with Crippen LogP contribution in [-0.2, 0) is 0 Å². The molecule has 0 saturated carbocycles. The Balaban J connectivity index is 3.09. The van der Waals surface area contributed by atoms with Gasteiger partial charge in [-0.15, -0.1) is 0 Å². The second-order valence-corrected chi connectivity index (χ2v) is 4.42. The fraction of sp³-hybridized carbons (Fsp3) is 0.556. The van der Waals surface area contributed by atoms with Crippen molar-refractivity contribution in [3.05, 3.63) is 21.9 Å². The lowest BCUT2D eigenvalue weighted by molar-refractivity contribution is 0.857. The summed E-state index contributed by atoms with van der Waals surface area (Å²) in [6.45, 7) is 9.07. The summed E-state index contributed by atoms with van der Waals surface area (Å²) < 4.78 is 0. The molecule has 1 aliphatic rings. The molecule has 0 heterocycles. The minimum atomic E-state index is 0.756. The van der Waals surface area contributed by atoms with E-state index in [4.69, 9.17) is 0 Å². The zero-order valence-corrected chi connectivity index (χ0v) is 9.58. The fourth-order valence-electron chi connectivity index (χ4n) is 1.57. The Morgan fingerprint density at radius 1 is 1.10 bits per heavy atom. The van der Waals surface area contributed by atoms with E-state index in [1.54, 1.807) is 16.3 Å². The highest BCUT2D eigenvalue weighted by atomic mass is 28.1. The molecule has 0 amide bonds. The summed E-state index contributed by atoms with van der Waals surface area (Å²) in [6.07, 6.45) is 0. The van der Waals surface area contributed by atoms with Crippen LogP contribution in [0, 0.1) is 5.92 Å². The molecule has 1 unspecified atom stereocenters. The van der Waals surface area contributed by atoms with Gasteiger partial charge in [0.05, 0.1) is 0 Å². The van der Waals surface area contributed by atoms with Crippen LogP contribution in [-0.4, -0.2) is 10.2 Å². The van der Waals surface area contributed by atoms with Crippen LogP contribution in [0.4, 0.5) is 0 Å². The van der Waals surface area contributed by atoms with Crippen molar-refractivity contribution in [1.29, 1.82) is 0 Å². The van der Waals surface area contributed by atoms with Gasteiger partial charge in [-0.05, 0) is 32.3 Å². The van der Waals surface area contributed by atoms with Gasteiger partial charge in [0.25, 0.3) is 0 Å². The van der Waals surface area contributed by atoms with Gasteiger partial charge in [0.1, 0.15) is 0 Å². The summed E-state index contributed by atoms with van der Waals surface area (Å²) in [7, 11) is 1.23. The largest absolute Gasteiger partial charge is 0.0819 e. The maximum atomic E-state index is 2.32. The van der Waals surface area contributed by atoms with Crippen LogP contribution in [0.5, 0.6) is 0 Å². The van der Waals surface area contributed by atoms with Gasteiger partial charge < -0.3 is 0 Å². The first-order valence-electron chi connectivity index (χ1n) is 3.90. The van der Waals surface area contributed by atoms with Gasteiger partial charge in [-0.25, -0.2) is 0 Å². The molecule has 0 bridgehead atoms. The van der Waals surface area contributed by atoms with Crippen LogP contribution in [0.1, 0.15) is 27.7 Å². The van der Waals surface area contributed by atoms with Gasteiger partial charge in [0.2, 0.25) is 0 Å². The third kappa shape index (κ3) is 0.890. The highest BCUT2D eigenvalue weighted by molar-refractivity contribution is 6.23. The van der Waals surface area contributed by atoms with Crippen molar-refractivity contribution in [1.82, 2.24) is 0 Å². The Labute approximate surface area is 66.4 Å². The van der Waals surface area contributed by atoms with Crippen molar-refractivity contribution in [3.63, 3.8) is 0 Å². The molecule has 0 fully saturated rings. The predicted octanol–water partition coefficient (Wildman–Crippen LogP) is 1.61. The molecular formula is C9H16Si. The Morgan fingerprint density at radius 3 is 1.70 bits per heavy atom. The number of rotatable bonds is 0. The third-order valence-corrected chi connectivity index (χ3v) is 4.66. The van der Waals surface area contributed by atoms with E-state index >= 15 is 0 Å². The number of allylic oxidation sites excluding steroid dienone is 4. The molecule has 0 aliphatic heterocycles. The molecule has 0 nitrogen and oxygen atoms in total. The summed E-state index contributed by atoms with van der Waals surface area (Å²) in [4.78, 5) is 0. The topological polar surface area (TPSA) is 0 Å². The summed E-state index contributed by atoms with van der Waals surface area (Å²) in [5, 5.41) is 1.69. The summed E-state index contributed by atoms with van der Waals surface area (Å²) in [5.74, 6) is 0.756. The standard InChI is InChI=1S/C9H16Si/c1-5-6(2)8(4)9(10)7(5)3/h7H,1-4,10H3. The van der Waals surface area contributed by atoms with Crippen LogP contribution >= 0.6 is 0 Å². The zero-order valence-electron chi connectivity index (χ0n) is 7.58. The Kier molecular flexibility index (Phi) is 1.86. The molecule has 0 radical (unpaired) electrons. The fourth-order valence-corrected chi connectivity index (χ4v) is 2.37. The van der Waals surface area contributed by atoms with Gasteiger partial charge in [0, 0.05) is 10.2 Å².